The van der Waals surface area contributed by atoms with Crippen molar-refractivity contribution in [2.75, 3.05) is 24.3 Å². The summed E-state index contributed by atoms with van der Waals surface area (Å²) >= 11 is 1.70. The number of benzene rings is 2. The van der Waals surface area contributed by atoms with Gasteiger partial charge in [0, 0.05) is 40.7 Å². The van der Waals surface area contributed by atoms with Crippen LogP contribution in [0.25, 0.3) is 6.08 Å². The van der Waals surface area contributed by atoms with Crippen molar-refractivity contribution in [3.63, 3.8) is 0 Å². The van der Waals surface area contributed by atoms with E-state index in [2.05, 4.69) is 25.7 Å². The van der Waals surface area contributed by atoms with Gasteiger partial charge in [-0.1, -0.05) is 45.4 Å². The fourth-order valence-corrected chi connectivity index (χ4v) is 4.95. The number of hydrogen-bond acceptors (Lipinski definition) is 6. The highest BCUT2D eigenvalue weighted by Gasteiger charge is 2.17. The molecule has 0 aliphatic carbocycles. The Morgan fingerprint density at radius 1 is 1.03 bits per heavy atom. The second kappa shape index (κ2) is 15.9. The Labute approximate surface area is 224 Å². The Kier molecular flexibility index (Phi) is 12.9. The van der Waals surface area contributed by atoms with Crippen molar-refractivity contribution >= 4 is 35.4 Å². The van der Waals surface area contributed by atoms with Gasteiger partial charge < -0.3 is 25.0 Å². The predicted octanol–water partition coefficient (Wildman–Crippen LogP) is 6.70. The molecule has 0 unspecified atom stereocenters. The van der Waals surface area contributed by atoms with Gasteiger partial charge in [0.1, 0.15) is 17.2 Å². The molecule has 7 nitrogen and oxygen atoms in total. The highest BCUT2D eigenvalue weighted by Crippen LogP contribution is 2.38. The Morgan fingerprint density at radius 2 is 1.73 bits per heavy atom. The van der Waals surface area contributed by atoms with Gasteiger partial charge in [-0.05, 0) is 43.9 Å². The minimum absolute atomic E-state index is 0.0144. The molecule has 2 rings (SSSR count). The Bertz CT molecular complexity index is 1070. The number of ether oxygens (including phenoxy) is 2. The number of aliphatic carboxylic acids is 1. The second-order valence-corrected chi connectivity index (χ2v) is 9.82. The molecule has 2 aromatic carbocycles. The van der Waals surface area contributed by atoms with Crippen molar-refractivity contribution < 1.29 is 29.3 Å². The summed E-state index contributed by atoms with van der Waals surface area (Å²) in [5.74, 6) is 1.30. The number of carboxylic acid groups (broad SMARTS) is 1. The first kappa shape index (κ1) is 30.1. The molecule has 0 aliphatic rings. The summed E-state index contributed by atoms with van der Waals surface area (Å²) in [7, 11) is 0. The third-order valence-electron chi connectivity index (χ3n) is 5.60. The molecular formula is C29H39NO6S. The molecule has 0 bridgehead atoms. The number of anilines is 1. The van der Waals surface area contributed by atoms with Crippen LogP contribution in [0.4, 0.5) is 5.69 Å². The molecule has 0 radical (unpaired) electrons. The van der Waals surface area contributed by atoms with Crippen molar-refractivity contribution in [2.45, 2.75) is 70.6 Å². The van der Waals surface area contributed by atoms with Gasteiger partial charge in [0.25, 0.3) is 0 Å². The molecule has 3 N–H and O–H groups in total. The fraction of sp³-hybridized carbons (Fsp3) is 0.448. The van der Waals surface area contributed by atoms with E-state index in [1.807, 2.05) is 18.2 Å². The van der Waals surface area contributed by atoms with E-state index in [0.29, 0.717) is 42.4 Å². The molecule has 1 amide bonds. The van der Waals surface area contributed by atoms with Gasteiger partial charge in [0.05, 0.1) is 18.9 Å². The number of thioether (sulfide) groups is 1. The first-order valence-corrected chi connectivity index (χ1v) is 13.8. The summed E-state index contributed by atoms with van der Waals surface area (Å²) in [4.78, 5) is 23.7. The summed E-state index contributed by atoms with van der Waals surface area (Å²) in [6.45, 7) is 10.1. The fourth-order valence-electron chi connectivity index (χ4n) is 3.93. The van der Waals surface area contributed by atoms with Gasteiger partial charge in [-0.3, -0.25) is 9.59 Å². The van der Waals surface area contributed by atoms with Crippen LogP contribution in [0, 0.1) is 0 Å². The van der Waals surface area contributed by atoms with Crippen molar-refractivity contribution in [1.29, 1.82) is 0 Å². The number of hydrogen-bond donors (Lipinski definition) is 3. The number of nitrogens with one attached hydrogen (secondary N) is 1. The quantitative estimate of drug-likeness (QED) is 0.155. The number of phenols is 1. The zero-order valence-electron chi connectivity index (χ0n) is 22.1. The van der Waals surface area contributed by atoms with Crippen molar-refractivity contribution in [3.8, 4) is 17.2 Å². The van der Waals surface area contributed by atoms with E-state index < -0.39 is 5.97 Å². The minimum atomic E-state index is -0.872. The Morgan fingerprint density at radius 3 is 2.38 bits per heavy atom. The maximum absolute atomic E-state index is 11.7. The highest BCUT2D eigenvalue weighted by molar-refractivity contribution is 7.99. The molecular weight excluding hydrogens is 490 g/mol. The lowest BCUT2D eigenvalue weighted by Crippen LogP contribution is -2.12. The SMILES string of the molecule is C=Cc1ccc(SCCCOc2ccc(NC(C)=O)c(OCCCC(=O)O)c2CCC)c(CCC)c1O. The van der Waals surface area contributed by atoms with E-state index in [1.165, 1.54) is 6.92 Å². The first-order chi connectivity index (χ1) is 17.8. The zero-order valence-corrected chi connectivity index (χ0v) is 22.9. The van der Waals surface area contributed by atoms with Gasteiger partial charge in [-0.15, -0.1) is 11.8 Å². The van der Waals surface area contributed by atoms with Crippen LogP contribution in [0.2, 0.25) is 0 Å². The molecule has 0 saturated carbocycles. The lowest BCUT2D eigenvalue weighted by molar-refractivity contribution is -0.137. The first-order valence-electron chi connectivity index (χ1n) is 12.8. The molecule has 0 saturated heterocycles. The summed E-state index contributed by atoms with van der Waals surface area (Å²) in [6.07, 6.45) is 6.15. The number of carbonyl (C=O) groups is 2. The highest BCUT2D eigenvalue weighted by atomic mass is 32.2. The Hall–Kier alpha value is -3.13. The van der Waals surface area contributed by atoms with Gasteiger partial charge in [-0.2, -0.15) is 0 Å². The third kappa shape index (κ3) is 9.35. The molecule has 8 heteroatoms. The number of amides is 1. The lowest BCUT2D eigenvalue weighted by Gasteiger charge is -2.19. The second-order valence-electron chi connectivity index (χ2n) is 8.68. The molecule has 0 fully saturated rings. The lowest BCUT2D eigenvalue weighted by atomic mass is 10.0. The molecule has 202 valence electrons. The van der Waals surface area contributed by atoms with Crippen LogP contribution in [-0.4, -0.2) is 41.1 Å². The van der Waals surface area contributed by atoms with Crippen LogP contribution in [0.15, 0.2) is 35.7 Å². The standard InChI is InChI=1S/C29H39NO6S/c1-5-10-22-25(15-14-24(30-20(4)31)29(22)36-17-8-12-27(32)33)35-18-9-19-37-26-16-13-21(7-3)28(34)23(26)11-6-2/h7,13-16,34H,3,5-6,8-12,17-19H2,1-2,4H3,(H,30,31)(H,32,33). The third-order valence-corrected chi connectivity index (χ3v) is 6.79. The van der Waals surface area contributed by atoms with E-state index in [-0.39, 0.29) is 18.9 Å². The normalized spacial score (nSPS) is 10.7. The van der Waals surface area contributed by atoms with Gasteiger partial charge >= 0.3 is 5.97 Å². The molecule has 0 heterocycles. The van der Waals surface area contributed by atoms with Crippen molar-refractivity contribution in [3.05, 3.63) is 47.5 Å². The van der Waals surface area contributed by atoms with Gasteiger partial charge in [0.2, 0.25) is 5.91 Å². The Balaban J connectivity index is 2.09. The van der Waals surface area contributed by atoms with Crippen LogP contribution in [0.5, 0.6) is 17.2 Å². The molecule has 0 spiro atoms. The smallest absolute Gasteiger partial charge is 0.303 e. The van der Waals surface area contributed by atoms with Crippen molar-refractivity contribution in [1.82, 2.24) is 0 Å². The van der Waals surface area contributed by atoms with E-state index in [1.54, 1.807) is 23.9 Å². The molecule has 0 aliphatic heterocycles. The molecule has 2 aromatic rings. The van der Waals surface area contributed by atoms with E-state index in [0.717, 1.165) is 53.0 Å². The summed E-state index contributed by atoms with van der Waals surface area (Å²) < 4.78 is 12.1. The van der Waals surface area contributed by atoms with Gasteiger partial charge in [-0.25, -0.2) is 0 Å². The minimum Gasteiger partial charge on any atom is -0.507 e. The van der Waals surface area contributed by atoms with Crippen LogP contribution in [-0.2, 0) is 22.4 Å². The van der Waals surface area contributed by atoms with Crippen molar-refractivity contribution in [2.24, 2.45) is 0 Å². The van der Waals surface area contributed by atoms with Crippen LogP contribution >= 0.6 is 11.8 Å². The van der Waals surface area contributed by atoms with Crippen LogP contribution < -0.4 is 14.8 Å². The number of carbonyl (C=O) groups excluding carboxylic acids is 1. The zero-order chi connectivity index (χ0) is 27.2. The maximum Gasteiger partial charge on any atom is 0.303 e. The summed E-state index contributed by atoms with van der Waals surface area (Å²) in [5, 5.41) is 22.3. The van der Waals surface area contributed by atoms with Crippen LogP contribution in [0.1, 0.15) is 69.6 Å². The predicted molar refractivity (Wildman–Crippen MR) is 150 cm³/mol. The molecule has 37 heavy (non-hydrogen) atoms. The molecule has 0 aromatic heterocycles. The summed E-state index contributed by atoms with van der Waals surface area (Å²) in [5.41, 5.74) is 3.14. The average molecular weight is 530 g/mol. The molecule has 0 atom stereocenters. The summed E-state index contributed by atoms with van der Waals surface area (Å²) in [6, 6.07) is 7.55. The topological polar surface area (TPSA) is 105 Å². The van der Waals surface area contributed by atoms with E-state index in [4.69, 9.17) is 14.6 Å². The van der Waals surface area contributed by atoms with Gasteiger partial charge in [0.15, 0.2) is 0 Å². The average Bonchev–Trinajstić information content (AvgIpc) is 2.85. The largest absolute Gasteiger partial charge is 0.507 e. The van der Waals surface area contributed by atoms with E-state index in [9.17, 15) is 14.7 Å². The van der Waals surface area contributed by atoms with Crippen LogP contribution in [0.3, 0.4) is 0 Å². The monoisotopic (exact) mass is 529 g/mol. The number of aromatic hydroxyl groups is 1. The number of phenolic OH excluding ortho intramolecular Hbond substituents is 1. The maximum atomic E-state index is 11.7. The number of carboxylic acids is 1. The van der Waals surface area contributed by atoms with E-state index >= 15 is 0 Å². The number of rotatable bonds is 17.